The van der Waals surface area contributed by atoms with Crippen molar-refractivity contribution in [2.45, 2.75) is 62.1 Å². The van der Waals surface area contributed by atoms with Gasteiger partial charge in [-0.05, 0) is 71.0 Å². The Balaban J connectivity index is 2.29. The third-order valence-corrected chi connectivity index (χ3v) is 9.99. The Bertz CT molecular complexity index is 1460. The van der Waals surface area contributed by atoms with Crippen LogP contribution in [0.5, 0.6) is 17.2 Å². The highest BCUT2D eigenvalue weighted by Gasteiger charge is 2.57. The van der Waals surface area contributed by atoms with E-state index in [2.05, 4.69) is 5.32 Å². The molecule has 2 aromatic rings. The Morgan fingerprint density at radius 1 is 1.02 bits per heavy atom. The van der Waals surface area contributed by atoms with Crippen LogP contribution in [-0.2, 0) is 24.3 Å². The number of ether oxygens (including phenoxy) is 4. The zero-order valence-electron chi connectivity index (χ0n) is 25.8. The number of carbonyl (C=O) groups excluding carboxylic acids is 3. The molecule has 1 aliphatic heterocycles. The number of nitrogens with zero attached hydrogens (tertiary/aromatic N) is 2. The minimum absolute atomic E-state index is 0.0433. The number of methoxy groups -OCH3 is 2. The lowest BCUT2D eigenvalue weighted by atomic mass is 9.94. The first kappa shape index (κ1) is 34.0. The normalized spacial score (nSPS) is 17.5. The van der Waals surface area contributed by atoms with Gasteiger partial charge in [0.15, 0.2) is 17.3 Å². The quantitative estimate of drug-likeness (QED) is 0.285. The number of thioether (sulfide) groups is 1. The van der Waals surface area contributed by atoms with Gasteiger partial charge in [0, 0.05) is 31.5 Å². The van der Waals surface area contributed by atoms with Gasteiger partial charge in [-0.2, -0.15) is 0 Å². The molecule has 1 aliphatic rings. The second kappa shape index (κ2) is 13.0. The number of Topliss-reactive ketones (excluding diaryl/α,β-unsaturated/α-hetero) is 1. The van der Waals surface area contributed by atoms with Crippen molar-refractivity contribution in [3.05, 3.63) is 42.5 Å². The molecular weight excluding hydrogens is 598 g/mol. The summed E-state index contributed by atoms with van der Waals surface area (Å²) >= 11 is 1.27. The summed E-state index contributed by atoms with van der Waals surface area (Å²) in [5.74, 6) is -0.673. The summed E-state index contributed by atoms with van der Waals surface area (Å²) in [6, 6.07) is 9.40. The van der Waals surface area contributed by atoms with Crippen LogP contribution in [-0.4, -0.2) is 87.8 Å². The molecule has 1 saturated heterocycles. The maximum absolute atomic E-state index is 14.6. The summed E-state index contributed by atoms with van der Waals surface area (Å²) in [6.45, 7) is 8.27. The number of nitrogens with one attached hydrogen (secondary N) is 1. The fourth-order valence-corrected chi connectivity index (χ4v) is 7.50. The number of anilines is 1. The molecule has 1 N–H and O–H groups in total. The van der Waals surface area contributed by atoms with Crippen molar-refractivity contribution in [2.24, 2.45) is 0 Å². The van der Waals surface area contributed by atoms with Crippen molar-refractivity contribution in [1.29, 1.82) is 0 Å². The summed E-state index contributed by atoms with van der Waals surface area (Å²) in [4.78, 5) is 41.4. The van der Waals surface area contributed by atoms with Crippen LogP contribution in [0.1, 0.15) is 34.6 Å². The van der Waals surface area contributed by atoms with Crippen LogP contribution in [0.2, 0.25) is 0 Å². The van der Waals surface area contributed by atoms with E-state index in [0.29, 0.717) is 5.75 Å². The van der Waals surface area contributed by atoms with E-state index in [1.807, 2.05) is 13.8 Å². The van der Waals surface area contributed by atoms with Gasteiger partial charge >= 0.3 is 12.1 Å². The molecule has 14 heteroatoms. The largest absolute Gasteiger partial charge is 0.493 e. The molecule has 2 aromatic carbocycles. The molecule has 0 aromatic heterocycles. The Morgan fingerprint density at radius 3 is 2.12 bits per heavy atom. The van der Waals surface area contributed by atoms with Gasteiger partial charge in [-0.25, -0.2) is 22.3 Å². The molecule has 3 rings (SSSR count). The molecule has 2 atom stereocenters. The Morgan fingerprint density at radius 2 is 1.63 bits per heavy atom. The van der Waals surface area contributed by atoms with Gasteiger partial charge < -0.3 is 23.8 Å². The zero-order chi connectivity index (χ0) is 32.3. The fraction of sp³-hybridized carbons (Fsp3) is 0.483. The maximum atomic E-state index is 14.6. The molecule has 0 aliphatic carbocycles. The van der Waals surface area contributed by atoms with Gasteiger partial charge in [0.2, 0.25) is 5.54 Å². The van der Waals surface area contributed by atoms with Gasteiger partial charge in [-0.15, -0.1) is 11.8 Å². The lowest BCUT2D eigenvalue weighted by molar-refractivity contribution is -0.156. The van der Waals surface area contributed by atoms with E-state index in [1.165, 1.54) is 94.4 Å². The summed E-state index contributed by atoms with van der Waals surface area (Å²) in [5.41, 5.74) is -2.86. The number of sulfonamides is 1. The van der Waals surface area contributed by atoms with Gasteiger partial charge in [-0.1, -0.05) is 0 Å². The first-order valence-corrected chi connectivity index (χ1v) is 15.9. The molecule has 12 nitrogen and oxygen atoms in total. The van der Waals surface area contributed by atoms with Crippen LogP contribution in [0.3, 0.4) is 0 Å². The molecule has 0 saturated carbocycles. The first-order valence-electron chi connectivity index (χ1n) is 13.4. The average molecular weight is 638 g/mol. The number of carbonyl (C=O) groups is 3. The highest BCUT2D eigenvalue weighted by atomic mass is 32.2. The fourth-order valence-electron chi connectivity index (χ4n) is 4.30. The lowest BCUT2D eigenvalue weighted by Gasteiger charge is -2.40. The standard InChI is InChI=1S/C29H39N3O9S2/c1-18(2)40-26(34)29(5,24(33)25-30-28(3,4)17-42-25)32(19-10-12-20(13-11-19)41-27(35)31(6)7)43(36,37)21-14-15-22(38-8)23(16-21)39-9/h10-16,18,25,30H,17H2,1-9H3/t25-,29+/m0/s1. The molecule has 1 heterocycles. The number of amides is 1. The van der Waals surface area contributed by atoms with Gasteiger partial charge in [-0.3, -0.25) is 10.1 Å². The predicted octanol–water partition coefficient (Wildman–Crippen LogP) is 3.68. The Kier molecular flexibility index (Phi) is 10.3. The van der Waals surface area contributed by atoms with Crippen molar-refractivity contribution in [3.8, 4) is 17.2 Å². The van der Waals surface area contributed by atoms with E-state index >= 15 is 0 Å². The molecule has 0 radical (unpaired) electrons. The zero-order valence-corrected chi connectivity index (χ0v) is 27.4. The number of hydrogen-bond donors (Lipinski definition) is 1. The van der Waals surface area contributed by atoms with E-state index in [4.69, 9.17) is 18.9 Å². The second-order valence-electron chi connectivity index (χ2n) is 11.2. The van der Waals surface area contributed by atoms with E-state index in [1.54, 1.807) is 13.8 Å². The van der Waals surface area contributed by atoms with E-state index < -0.39 is 50.4 Å². The molecule has 0 unspecified atom stereocenters. The van der Waals surface area contributed by atoms with E-state index in [-0.39, 0.29) is 27.8 Å². The number of ketones is 1. The highest BCUT2D eigenvalue weighted by molar-refractivity contribution is 8.01. The Labute approximate surface area is 257 Å². The monoisotopic (exact) mass is 637 g/mol. The number of hydrogen-bond acceptors (Lipinski definition) is 11. The average Bonchev–Trinajstić information content (AvgIpc) is 3.31. The molecule has 1 amide bonds. The third-order valence-electron chi connectivity index (χ3n) is 6.53. The van der Waals surface area contributed by atoms with Crippen molar-refractivity contribution in [1.82, 2.24) is 10.2 Å². The third kappa shape index (κ3) is 7.19. The number of esters is 1. The summed E-state index contributed by atoms with van der Waals surface area (Å²) in [7, 11) is 1.12. The van der Waals surface area contributed by atoms with Crippen molar-refractivity contribution >= 4 is 45.3 Å². The lowest BCUT2D eigenvalue weighted by Crippen LogP contribution is -2.65. The molecule has 0 bridgehead atoms. The highest BCUT2D eigenvalue weighted by Crippen LogP contribution is 2.40. The second-order valence-corrected chi connectivity index (χ2v) is 14.0. The smallest absolute Gasteiger partial charge is 0.414 e. The van der Waals surface area contributed by atoms with E-state index in [9.17, 15) is 22.8 Å². The van der Waals surface area contributed by atoms with Crippen LogP contribution < -0.4 is 23.8 Å². The maximum Gasteiger partial charge on any atom is 0.414 e. The van der Waals surface area contributed by atoms with Crippen LogP contribution in [0.25, 0.3) is 0 Å². The van der Waals surface area contributed by atoms with Crippen LogP contribution in [0, 0.1) is 0 Å². The van der Waals surface area contributed by atoms with Crippen LogP contribution in [0.15, 0.2) is 47.4 Å². The molecule has 0 spiro atoms. The molecule has 43 heavy (non-hydrogen) atoms. The van der Waals surface area contributed by atoms with E-state index in [0.717, 1.165) is 4.31 Å². The summed E-state index contributed by atoms with van der Waals surface area (Å²) < 4.78 is 51.4. The minimum Gasteiger partial charge on any atom is -0.493 e. The van der Waals surface area contributed by atoms with Crippen molar-refractivity contribution in [2.75, 3.05) is 38.4 Å². The topological polar surface area (TPSA) is 141 Å². The first-order chi connectivity index (χ1) is 20.0. The summed E-state index contributed by atoms with van der Waals surface area (Å²) in [5, 5.41) is 2.29. The Hall–Kier alpha value is -3.49. The van der Waals surface area contributed by atoms with Crippen molar-refractivity contribution < 1.29 is 41.7 Å². The number of benzene rings is 2. The van der Waals surface area contributed by atoms with Crippen LogP contribution >= 0.6 is 11.8 Å². The summed E-state index contributed by atoms with van der Waals surface area (Å²) in [6.07, 6.45) is -1.30. The SMILES string of the molecule is COc1ccc(S(=O)(=O)N(c2ccc(OC(=O)N(C)C)cc2)[C@@](C)(C(=O)OC(C)C)C(=O)[C@H]2NC(C)(C)CS2)cc1OC. The number of rotatable bonds is 11. The minimum atomic E-state index is -4.68. The predicted molar refractivity (Wildman–Crippen MR) is 163 cm³/mol. The van der Waals surface area contributed by atoms with Crippen LogP contribution in [0.4, 0.5) is 10.5 Å². The van der Waals surface area contributed by atoms with Crippen molar-refractivity contribution in [3.63, 3.8) is 0 Å². The van der Waals surface area contributed by atoms with Gasteiger partial charge in [0.1, 0.15) is 11.1 Å². The van der Waals surface area contributed by atoms with Gasteiger partial charge in [0.25, 0.3) is 10.0 Å². The molecule has 236 valence electrons. The van der Waals surface area contributed by atoms with Gasteiger partial charge in [0.05, 0.1) is 30.9 Å². The molecular formula is C29H39N3O9S2. The molecule has 1 fully saturated rings.